The number of aromatic nitrogens is 4. The summed E-state index contributed by atoms with van der Waals surface area (Å²) in [5.41, 5.74) is 3.75. The molecular weight excluding hydrogens is 262 g/mol. The van der Waals surface area contributed by atoms with Gasteiger partial charge in [0.1, 0.15) is 6.33 Å². The van der Waals surface area contributed by atoms with Crippen LogP contribution in [-0.2, 0) is 0 Å². The number of rotatable bonds is 3. The van der Waals surface area contributed by atoms with Crippen molar-refractivity contribution in [2.75, 3.05) is 5.32 Å². The molecular formula is C16H23N5. The first-order chi connectivity index (χ1) is 9.94. The first-order valence-electron chi connectivity index (χ1n) is 7.55. The first kappa shape index (κ1) is 14.0. The van der Waals surface area contributed by atoms with Crippen molar-refractivity contribution in [3.8, 4) is 5.69 Å². The first-order valence-corrected chi connectivity index (χ1v) is 7.55. The molecule has 2 atom stereocenters. The van der Waals surface area contributed by atoms with Crippen molar-refractivity contribution >= 4 is 5.69 Å². The summed E-state index contributed by atoms with van der Waals surface area (Å²) in [6.07, 6.45) is 4.12. The second kappa shape index (κ2) is 5.13. The van der Waals surface area contributed by atoms with E-state index in [2.05, 4.69) is 66.7 Å². The minimum absolute atomic E-state index is 0.431. The predicted octanol–water partition coefficient (Wildman–Crippen LogP) is 3.21. The maximum Gasteiger partial charge on any atom is 0.143 e. The number of aryl methyl sites for hydroxylation is 1. The molecule has 0 bridgehead atoms. The summed E-state index contributed by atoms with van der Waals surface area (Å²) < 4.78 is 1.71. The normalized spacial score (nSPS) is 24.2. The van der Waals surface area contributed by atoms with Gasteiger partial charge in [-0.25, -0.2) is 4.68 Å². The van der Waals surface area contributed by atoms with Crippen LogP contribution in [0.3, 0.4) is 0 Å². The van der Waals surface area contributed by atoms with Gasteiger partial charge in [-0.1, -0.05) is 26.8 Å². The van der Waals surface area contributed by atoms with Gasteiger partial charge in [0.15, 0.2) is 0 Å². The molecule has 1 fully saturated rings. The van der Waals surface area contributed by atoms with Crippen LogP contribution in [0.4, 0.5) is 5.69 Å². The second-order valence-corrected chi connectivity index (χ2v) is 7.06. The fraction of sp³-hybridized carbons (Fsp3) is 0.562. The number of benzene rings is 1. The standard InChI is InChI=1S/C16H23N5/c1-11-5-6-13(7-15(11)21-10-17-19-20-21)18-14-9-16(3,4)8-12(14)2/h5-7,10,12,14,18H,8-9H2,1-4H3. The number of nitrogens with zero attached hydrogens (tertiary/aromatic N) is 4. The van der Waals surface area contributed by atoms with E-state index in [1.54, 1.807) is 11.0 Å². The van der Waals surface area contributed by atoms with E-state index in [-0.39, 0.29) is 0 Å². The van der Waals surface area contributed by atoms with E-state index in [0.29, 0.717) is 17.4 Å². The van der Waals surface area contributed by atoms with Crippen LogP contribution in [0.1, 0.15) is 39.2 Å². The minimum Gasteiger partial charge on any atom is -0.382 e. The van der Waals surface area contributed by atoms with Crippen LogP contribution in [0.2, 0.25) is 0 Å². The van der Waals surface area contributed by atoms with Crippen LogP contribution >= 0.6 is 0 Å². The Bertz CT molecular complexity index is 618. The number of hydrogen-bond donors (Lipinski definition) is 1. The molecule has 3 rings (SSSR count). The van der Waals surface area contributed by atoms with E-state index in [4.69, 9.17) is 0 Å². The molecule has 1 heterocycles. The van der Waals surface area contributed by atoms with Crippen molar-refractivity contribution in [3.05, 3.63) is 30.1 Å². The SMILES string of the molecule is Cc1ccc(NC2CC(C)(C)CC2C)cc1-n1cnnn1. The van der Waals surface area contributed by atoms with Gasteiger partial charge in [0.05, 0.1) is 5.69 Å². The Morgan fingerprint density at radius 1 is 1.29 bits per heavy atom. The third-order valence-electron chi connectivity index (χ3n) is 4.49. The van der Waals surface area contributed by atoms with Crippen LogP contribution in [0.15, 0.2) is 24.5 Å². The van der Waals surface area contributed by atoms with Crippen molar-refractivity contribution in [1.82, 2.24) is 20.2 Å². The van der Waals surface area contributed by atoms with Gasteiger partial charge in [-0.3, -0.25) is 0 Å². The largest absolute Gasteiger partial charge is 0.382 e. The molecule has 5 heteroatoms. The van der Waals surface area contributed by atoms with E-state index in [1.165, 1.54) is 12.8 Å². The van der Waals surface area contributed by atoms with Crippen molar-refractivity contribution in [2.24, 2.45) is 11.3 Å². The maximum absolute atomic E-state index is 3.99. The lowest BCUT2D eigenvalue weighted by Gasteiger charge is -2.20. The molecule has 2 unspecified atom stereocenters. The molecule has 2 aromatic rings. The third-order valence-corrected chi connectivity index (χ3v) is 4.49. The molecule has 1 N–H and O–H groups in total. The van der Waals surface area contributed by atoms with Crippen LogP contribution < -0.4 is 5.32 Å². The number of tetrazole rings is 1. The van der Waals surface area contributed by atoms with Crippen LogP contribution in [0.5, 0.6) is 0 Å². The molecule has 0 spiro atoms. The average molecular weight is 285 g/mol. The van der Waals surface area contributed by atoms with Gasteiger partial charge in [0, 0.05) is 11.7 Å². The van der Waals surface area contributed by atoms with Gasteiger partial charge in [-0.15, -0.1) is 5.10 Å². The molecule has 0 saturated heterocycles. The minimum atomic E-state index is 0.431. The summed E-state index contributed by atoms with van der Waals surface area (Å²) >= 11 is 0. The number of anilines is 1. The molecule has 1 aliphatic carbocycles. The lowest BCUT2D eigenvalue weighted by atomic mass is 9.91. The van der Waals surface area contributed by atoms with E-state index >= 15 is 0 Å². The molecule has 112 valence electrons. The van der Waals surface area contributed by atoms with Gasteiger partial charge >= 0.3 is 0 Å². The fourth-order valence-corrected chi connectivity index (χ4v) is 3.52. The highest BCUT2D eigenvalue weighted by Crippen LogP contribution is 2.42. The predicted molar refractivity (Wildman–Crippen MR) is 83.5 cm³/mol. The highest BCUT2D eigenvalue weighted by molar-refractivity contribution is 5.55. The Kier molecular flexibility index (Phi) is 3.43. The van der Waals surface area contributed by atoms with Crippen molar-refractivity contribution in [2.45, 2.75) is 46.6 Å². The highest BCUT2D eigenvalue weighted by Gasteiger charge is 2.36. The topological polar surface area (TPSA) is 55.6 Å². The van der Waals surface area contributed by atoms with Gasteiger partial charge in [-0.2, -0.15) is 0 Å². The highest BCUT2D eigenvalue weighted by atomic mass is 15.5. The molecule has 0 amide bonds. The summed E-state index contributed by atoms with van der Waals surface area (Å²) in [6.45, 7) is 9.12. The van der Waals surface area contributed by atoms with E-state index < -0.39 is 0 Å². The molecule has 0 aliphatic heterocycles. The van der Waals surface area contributed by atoms with Crippen molar-refractivity contribution in [1.29, 1.82) is 0 Å². The quantitative estimate of drug-likeness (QED) is 0.941. The molecule has 1 aromatic heterocycles. The summed E-state index contributed by atoms with van der Waals surface area (Å²) in [7, 11) is 0. The van der Waals surface area contributed by atoms with Crippen LogP contribution in [0.25, 0.3) is 5.69 Å². The zero-order valence-corrected chi connectivity index (χ0v) is 13.2. The summed E-state index contributed by atoms with van der Waals surface area (Å²) in [5, 5.41) is 15.1. The molecule has 5 nitrogen and oxygen atoms in total. The third kappa shape index (κ3) is 2.91. The Morgan fingerprint density at radius 3 is 2.71 bits per heavy atom. The van der Waals surface area contributed by atoms with Gasteiger partial charge < -0.3 is 5.32 Å². The Balaban J connectivity index is 1.83. The Hall–Kier alpha value is -1.91. The van der Waals surface area contributed by atoms with Crippen LogP contribution in [-0.4, -0.2) is 26.2 Å². The van der Waals surface area contributed by atoms with Crippen LogP contribution in [0, 0.1) is 18.3 Å². The molecule has 1 aromatic carbocycles. The summed E-state index contributed by atoms with van der Waals surface area (Å²) in [5.74, 6) is 0.692. The van der Waals surface area contributed by atoms with Crippen molar-refractivity contribution < 1.29 is 0 Å². The molecule has 21 heavy (non-hydrogen) atoms. The summed E-state index contributed by atoms with van der Waals surface area (Å²) in [4.78, 5) is 0. The maximum atomic E-state index is 3.99. The van der Waals surface area contributed by atoms with Gasteiger partial charge in [-0.05, 0) is 59.2 Å². The lowest BCUT2D eigenvalue weighted by molar-refractivity contribution is 0.366. The zero-order chi connectivity index (χ0) is 15.0. The van der Waals surface area contributed by atoms with Gasteiger partial charge in [0.25, 0.3) is 0 Å². The monoisotopic (exact) mass is 285 g/mol. The molecule has 1 saturated carbocycles. The smallest absolute Gasteiger partial charge is 0.143 e. The number of hydrogen-bond acceptors (Lipinski definition) is 4. The van der Waals surface area contributed by atoms with Crippen molar-refractivity contribution in [3.63, 3.8) is 0 Å². The Morgan fingerprint density at radius 2 is 2.10 bits per heavy atom. The van der Waals surface area contributed by atoms with E-state index in [0.717, 1.165) is 16.9 Å². The zero-order valence-electron chi connectivity index (χ0n) is 13.2. The van der Waals surface area contributed by atoms with E-state index in [1.807, 2.05) is 0 Å². The fourth-order valence-electron chi connectivity index (χ4n) is 3.52. The lowest BCUT2D eigenvalue weighted by Crippen LogP contribution is -2.22. The molecule has 0 radical (unpaired) electrons. The number of nitrogens with one attached hydrogen (secondary N) is 1. The Labute approximate surface area is 125 Å². The average Bonchev–Trinajstić information content (AvgIpc) is 3.00. The summed E-state index contributed by atoms with van der Waals surface area (Å²) in [6, 6.07) is 6.92. The molecule has 1 aliphatic rings. The van der Waals surface area contributed by atoms with E-state index in [9.17, 15) is 0 Å². The van der Waals surface area contributed by atoms with Gasteiger partial charge in [0.2, 0.25) is 0 Å². The second-order valence-electron chi connectivity index (χ2n) is 7.06.